The maximum atomic E-state index is 8.90. The molecule has 74 valence electrons. The summed E-state index contributed by atoms with van der Waals surface area (Å²) >= 11 is 0. The Labute approximate surface area is 90.1 Å². The second-order valence-electron chi connectivity index (χ2n) is 3.61. The number of hydrogen-bond donors (Lipinski definition) is 0. The van der Waals surface area contributed by atoms with Crippen LogP contribution in [0.1, 0.15) is 12.5 Å². The van der Waals surface area contributed by atoms with Gasteiger partial charge in [-0.2, -0.15) is 10.5 Å². The Morgan fingerprint density at radius 2 is 1.80 bits per heavy atom. The third-order valence-corrected chi connectivity index (χ3v) is 2.41. The highest BCUT2D eigenvalue weighted by molar-refractivity contribution is 5.33. The number of nitriles is 2. The third-order valence-electron chi connectivity index (χ3n) is 2.41. The lowest BCUT2D eigenvalue weighted by Gasteiger charge is -2.15. The van der Waals surface area contributed by atoms with E-state index in [4.69, 9.17) is 10.5 Å². The van der Waals surface area contributed by atoms with Crippen LogP contribution in [0.5, 0.6) is 0 Å². The largest absolute Gasteiger partial charge is 0.196 e. The second-order valence-corrected chi connectivity index (χ2v) is 3.61. The van der Waals surface area contributed by atoms with Crippen LogP contribution in [-0.4, -0.2) is 0 Å². The van der Waals surface area contributed by atoms with Gasteiger partial charge in [0.05, 0.1) is 12.1 Å². The van der Waals surface area contributed by atoms with E-state index in [0.717, 1.165) is 5.56 Å². The zero-order valence-electron chi connectivity index (χ0n) is 8.70. The van der Waals surface area contributed by atoms with Crippen molar-refractivity contribution in [2.24, 2.45) is 5.41 Å². The maximum Gasteiger partial charge on any atom is 0.161 e. The summed E-state index contributed by atoms with van der Waals surface area (Å²) in [4.78, 5) is 0. The molecule has 2 heteroatoms. The molecule has 2 nitrogen and oxygen atoms in total. The first kappa shape index (κ1) is 11.0. The standard InChI is InChI=1S/C13H12N2/c1-11(13(2,9-14)10-15)8-12-6-4-3-5-7-12/h3-7H,1,8H2,2H3. The Morgan fingerprint density at radius 1 is 1.27 bits per heavy atom. The molecule has 0 heterocycles. The topological polar surface area (TPSA) is 47.6 Å². The summed E-state index contributed by atoms with van der Waals surface area (Å²) in [6.07, 6.45) is 0.568. The van der Waals surface area contributed by atoms with E-state index in [1.165, 1.54) is 0 Å². The molecule has 0 unspecified atom stereocenters. The lowest BCUT2D eigenvalue weighted by Crippen LogP contribution is -2.15. The van der Waals surface area contributed by atoms with Gasteiger partial charge in [-0.15, -0.1) is 0 Å². The van der Waals surface area contributed by atoms with Crippen LogP contribution in [-0.2, 0) is 6.42 Å². The van der Waals surface area contributed by atoms with Crippen molar-refractivity contribution in [1.82, 2.24) is 0 Å². The quantitative estimate of drug-likeness (QED) is 0.698. The summed E-state index contributed by atoms with van der Waals surface area (Å²) in [5.41, 5.74) is 0.619. The summed E-state index contributed by atoms with van der Waals surface area (Å²) in [6.45, 7) is 5.41. The van der Waals surface area contributed by atoms with E-state index in [2.05, 4.69) is 6.58 Å². The maximum absolute atomic E-state index is 8.90. The molecule has 1 aromatic carbocycles. The Balaban J connectivity index is 2.83. The fourth-order valence-corrected chi connectivity index (χ4v) is 1.20. The lowest BCUT2D eigenvalue weighted by molar-refractivity contribution is 0.678. The number of hydrogen-bond acceptors (Lipinski definition) is 2. The van der Waals surface area contributed by atoms with Crippen molar-refractivity contribution in [2.45, 2.75) is 13.3 Å². The fraction of sp³-hybridized carbons (Fsp3) is 0.231. The SMILES string of the molecule is C=C(Cc1ccccc1)C(C)(C#N)C#N. The van der Waals surface area contributed by atoms with Gasteiger partial charge in [0.1, 0.15) is 0 Å². The first-order valence-electron chi connectivity index (χ1n) is 4.67. The van der Waals surface area contributed by atoms with Crippen LogP contribution in [0.2, 0.25) is 0 Å². The molecule has 1 aromatic rings. The van der Waals surface area contributed by atoms with Crippen molar-refractivity contribution in [2.75, 3.05) is 0 Å². The van der Waals surface area contributed by atoms with Crippen LogP contribution in [0.15, 0.2) is 42.5 Å². The van der Waals surface area contributed by atoms with Crippen LogP contribution < -0.4 is 0 Å². The number of allylic oxidation sites excluding steroid dienone is 1. The fourth-order valence-electron chi connectivity index (χ4n) is 1.20. The molecule has 15 heavy (non-hydrogen) atoms. The minimum absolute atomic E-state index is 0.568. The third kappa shape index (κ3) is 2.45. The molecule has 0 aliphatic carbocycles. The van der Waals surface area contributed by atoms with Gasteiger partial charge < -0.3 is 0 Å². The molecule has 0 amide bonds. The van der Waals surface area contributed by atoms with E-state index in [-0.39, 0.29) is 0 Å². The Morgan fingerprint density at radius 3 is 2.27 bits per heavy atom. The number of nitrogens with zero attached hydrogens (tertiary/aromatic N) is 2. The van der Waals surface area contributed by atoms with Gasteiger partial charge in [-0.25, -0.2) is 0 Å². The molecule has 0 saturated heterocycles. The van der Waals surface area contributed by atoms with E-state index < -0.39 is 5.41 Å². The number of rotatable bonds is 3. The van der Waals surface area contributed by atoms with Crippen LogP contribution in [0, 0.1) is 28.1 Å². The van der Waals surface area contributed by atoms with Gasteiger partial charge in [-0.1, -0.05) is 36.9 Å². The molecule has 0 spiro atoms. The highest BCUT2D eigenvalue weighted by Gasteiger charge is 2.26. The van der Waals surface area contributed by atoms with Gasteiger partial charge in [0.2, 0.25) is 0 Å². The monoisotopic (exact) mass is 196 g/mol. The van der Waals surface area contributed by atoms with Crippen molar-refractivity contribution in [3.05, 3.63) is 48.0 Å². The van der Waals surface area contributed by atoms with Gasteiger partial charge in [0, 0.05) is 0 Å². The summed E-state index contributed by atoms with van der Waals surface area (Å²) in [6, 6.07) is 13.7. The average molecular weight is 196 g/mol. The van der Waals surface area contributed by atoms with E-state index in [0.29, 0.717) is 12.0 Å². The number of benzene rings is 1. The second kappa shape index (κ2) is 4.44. The minimum Gasteiger partial charge on any atom is -0.196 e. The van der Waals surface area contributed by atoms with E-state index in [1.807, 2.05) is 42.5 Å². The zero-order valence-corrected chi connectivity index (χ0v) is 8.70. The van der Waals surface area contributed by atoms with Gasteiger partial charge >= 0.3 is 0 Å². The Kier molecular flexibility index (Phi) is 3.26. The molecule has 0 atom stereocenters. The molecule has 0 aromatic heterocycles. The van der Waals surface area contributed by atoms with Crippen LogP contribution in [0.25, 0.3) is 0 Å². The highest BCUT2D eigenvalue weighted by atomic mass is 14.4. The van der Waals surface area contributed by atoms with Crippen molar-refractivity contribution in [3.8, 4) is 12.1 Å². The molecule has 0 radical (unpaired) electrons. The summed E-state index contributed by atoms with van der Waals surface area (Å²) < 4.78 is 0. The molecular formula is C13H12N2. The Bertz CT molecular complexity index is 418. The summed E-state index contributed by atoms with van der Waals surface area (Å²) in [7, 11) is 0. The molecule has 0 aliphatic rings. The first-order chi connectivity index (χ1) is 7.12. The normalized spacial score (nSPS) is 10.1. The molecular weight excluding hydrogens is 184 g/mol. The first-order valence-corrected chi connectivity index (χ1v) is 4.67. The van der Waals surface area contributed by atoms with Crippen molar-refractivity contribution < 1.29 is 0 Å². The molecule has 0 bridgehead atoms. The zero-order chi connectivity index (χ0) is 11.3. The summed E-state index contributed by atoms with van der Waals surface area (Å²) in [5.74, 6) is 0. The summed E-state index contributed by atoms with van der Waals surface area (Å²) in [5, 5.41) is 17.8. The average Bonchev–Trinajstić information content (AvgIpc) is 2.29. The predicted molar refractivity (Wildman–Crippen MR) is 58.6 cm³/mol. The van der Waals surface area contributed by atoms with Gasteiger partial charge in [-0.3, -0.25) is 0 Å². The van der Waals surface area contributed by atoms with Crippen molar-refractivity contribution in [3.63, 3.8) is 0 Å². The molecule has 0 aliphatic heterocycles. The highest BCUT2D eigenvalue weighted by Crippen LogP contribution is 2.26. The van der Waals surface area contributed by atoms with Crippen molar-refractivity contribution >= 4 is 0 Å². The van der Waals surface area contributed by atoms with E-state index in [9.17, 15) is 0 Å². The van der Waals surface area contributed by atoms with Crippen LogP contribution in [0.3, 0.4) is 0 Å². The van der Waals surface area contributed by atoms with Crippen LogP contribution in [0.4, 0.5) is 0 Å². The Hall–Kier alpha value is -2.06. The van der Waals surface area contributed by atoms with E-state index >= 15 is 0 Å². The lowest BCUT2D eigenvalue weighted by atomic mass is 9.83. The molecule has 0 N–H and O–H groups in total. The molecule has 0 saturated carbocycles. The van der Waals surface area contributed by atoms with E-state index in [1.54, 1.807) is 6.92 Å². The van der Waals surface area contributed by atoms with Gasteiger partial charge in [0.15, 0.2) is 5.41 Å². The smallest absolute Gasteiger partial charge is 0.161 e. The minimum atomic E-state index is -1.09. The molecule has 1 rings (SSSR count). The molecule has 0 fully saturated rings. The predicted octanol–water partition coefficient (Wildman–Crippen LogP) is 2.84. The van der Waals surface area contributed by atoms with Gasteiger partial charge in [0.25, 0.3) is 0 Å². The van der Waals surface area contributed by atoms with Crippen molar-refractivity contribution in [1.29, 1.82) is 10.5 Å². The van der Waals surface area contributed by atoms with Crippen LogP contribution >= 0.6 is 0 Å². The van der Waals surface area contributed by atoms with Gasteiger partial charge in [-0.05, 0) is 24.5 Å².